The number of hydrogen-bond acceptors (Lipinski definition) is 4. The van der Waals surface area contributed by atoms with E-state index in [4.69, 9.17) is 0 Å². The fourth-order valence-corrected chi connectivity index (χ4v) is 3.95. The number of carbonyl (C=O) groups excluding carboxylic acids is 2. The van der Waals surface area contributed by atoms with Crippen molar-refractivity contribution in [2.24, 2.45) is 0 Å². The largest absolute Gasteiger partial charge is 0.378 e. The summed E-state index contributed by atoms with van der Waals surface area (Å²) in [6, 6.07) is 18.0. The third-order valence-electron chi connectivity index (χ3n) is 5.64. The molecule has 166 valence electrons. The second-order valence-corrected chi connectivity index (χ2v) is 8.34. The van der Waals surface area contributed by atoms with E-state index in [2.05, 4.69) is 33.5 Å². The van der Waals surface area contributed by atoms with Crippen LogP contribution in [-0.2, 0) is 16.1 Å². The van der Waals surface area contributed by atoms with Gasteiger partial charge in [0, 0.05) is 57.5 Å². The van der Waals surface area contributed by atoms with Gasteiger partial charge in [0.05, 0.1) is 5.69 Å². The van der Waals surface area contributed by atoms with Gasteiger partial charge >= 0.3 is 0 Å². The van der Waals surface area contributed by atoms with Crippen LogP contribution in [0.3, 0.4) is 0 Å². The fraction of sp³-hybridized carbons (Fsp3) is 0.320. The number of nitrogens with one attached hydrogen (secondary N) is 1. The number of hydrogen-bond donors (Lipinski definition) is 1. The van der Waals surface area contributed by atoms with E-state index in [0.717, 1.165) is 47.0 Å². The first kappa shape index (κ1) is 21.6. The summed E-state index contributed by atoms with van der Waals surface area (Å²) in [5.41, 5.74) is 4.96. The van der Waals surface area contributed by atoms with Gasteiger partial charge in [-0.25, -0.2) is 4.68 Å². The molecule has 4 rings (SSSR count). The van der Waals surface area contributed by atoms with Gasteiger partial charge in [-0.2, -0.15) is 5.10 Å². The quantitative estimate of drug-likeness (QED) is 0.638. The van der Waals surface area contributed by atoms with Crippen LogP contribution in [0.5, 0.6) is 0 Å². The number of amides is 2. The zero-order chi connectivity index (χ0) is 22.7. The number of anilines is 3. The molecule has 2 aromatic carbocycles. The lowest BCUT2D eigenvalue weighted by Gasteiger charge is -2.27. The van der Waals surface area contributed by atoms with Crippen LogP contribution in [0.2, 0.25) is 0 Å². The Bertz CT molecular complexity index is 1120. The maximum Gasteiger partial charge on any atom is 0.228 e. The number of aryl methyl sites for hydroxylation is 2. The summed E-state index contributed by atoms with van der Waals surface area (Å²) in [5, 5.41) is 7.31. The summed E-state index contributed by atoms with van der Waals surface area (Å²) in [7, 11) is 4.03. The molecule has 1 aliphatic rings. The van der Waals surface area contributed by atoms with Crippen LogP contribution in [0.25, 0.3) is 11.1 Å². The van der Waals surface area contributed by atoms with Crippen molar-refractivity contribution in [3.63, 3.8) is 0 Å². The first-order chi connectivity index (χ1) is 15.4. The van der Waals surface area contributed by atoms with Gasteiger partial charge in [-0.15, -0.1) is 0 Å². The van der Waals surface area contributed by atoms with Gasteiger partial charge in [-0.3, -0.25) is 14.5 Å². The molecule has 0 radical (unpaired) electrons. The van der Waals surface area contributed by atoms with Crippen molar-refractivity contribution < 1.29 is 9.59 Å². The van der Waals surface area contributed by atoms with E-state index in [0.29, 0.717) is 6.54 Å². The molecular weight excluding hydrogens is 402 g/mol. The first-order valence-corrected chi connectivity index (χ1v) is 10.9. The van der Waals surface area contributed by atoms with E-state index in [-0.39, 0.29) is 24.7 Å². The standard InChI is InChI=1S/C25H29N5O2/c1-18-16-24-29(14-5-15-30(24)27-18)25(32)13-12-23(31)26-21-10-8-19(9-11-21)20-6-4-7-22(17-20)28(2)3/h4,6-11,16-17H,5,12-15H2,1-3H3,(H,26,31). The Balaban J connectivity index is 1.33. The van der Waals surface area contributed by atoms with Crippen LogP contribution < -0.4 is 15.1 Å². The Morgan fingerprint density at radius 3 is 2.53 bits per heavy atom. The average molecular weight is 432 g/mol. The Labute approximate surface area is 188 Å². The Hall–Kier alpha value is -3.61. The SMILES string of the molecule is Cc1cc2n(n1)CCCN2C(=O)CCC(=O)Nc1ccc(-c2cccc(N(C)C)c2)cc1. The van der Waals surface area contributed by atoms with Crippen LogP contribution in [0.1, 0.15) is 25.0 Å². The highest BCUT2D eigenvalue weighted by atomic mass is 16.2. The summed E-state index contributed by atoms with van der Waals surface area (Å²) in [6.07, 6.45) is 1.19. The van der Waals surface area contributed by atoms with Crippen molar-refractivity contribution in [1.29, 1.82) is 0 Å². The normalized spacial score (nSPS) is 12.9. The fourth-order valence-electron chi connectivity index (χ4n) is 3.95. The minimum Gasteiger partial charge on any atom is -0.378 e. The molecule has 0 saturated heterocycles. The second kappa shape index (κ2) is 9.26. The van der Waals surface area contributed by atoms with Crippen molar-refractivity contribution in [2.45, 2.75) is 32.7 Å². The molecule has 0 unspecified atom stereocenters. The third kappa shape index (κ3) is 4.82. The molecule has 7 nitrogen and oxygen atoms in total. The van der Waals surface area contributed by atoms with Crippen molar-refractivity contribution in [1.82, 2.24) is 9.78 Å². The number of fused-ring (bicyclic) bond motifs is 1. The van der Waals surface area contributed by atoms with E-state index >= 15 is 0 Å². The highest BCUT2D eigenvalue weighted by molar-refractivity contribution is 5.98. The van der Waals surface area contributed by atoms with E-state index in [9.17, 15) is 9.59 Å². The zero-order valence-electron chi connectivity index (χ0n) is 18.8. The molecule has 2 amide bonds. The zero-order valence-corrected chi connectivity index (χ0v) is 18.8. The van der Waals surface area contributed by atoms with Gasteiger partial charge in [-0.05, 0) is 48.7 Å². The Morgan fingerprint density at radius 2 is 1.78 bits per heavy atom. The lowest BCUT2D eigenvalue weighted by atomic mass is 10.0. The molecule has 1 aliphatic heterocycles. The maximum absolute atomic E-state index is 12.7. The average Bonchev–Trinajstić information content (AvgIpc) is 3.18. The summed E-state index contributed by atoms with van der Waals surface area (Å²) in [5.74, 6) is 0.618. The topological polar surface area (TPSA) is 70.5 Å². The summed E-state index contributed by atoms with van der Waals surface area (Å²) in [6.45, 7) is 3.41. The Morgan fingerprint density at radius 1 is 1.00 bits per heavy atom. The lowest BCUT2D eigenvalue weighted by Crippen LogP contribution is -2.37. The molecular formula is C25H29N5O2. The van der Waals surface area contributed by atoms with E-state index in [1.807, 2.05) is 62.1 Å². The summed E-state index contributed by atoms with van der Waals surface area (Å²) < 4.78 is 1.87. The predicted octanol–water partition coefficient (Wildman–Crippen LogP) is 4.08. The Kier molecular flexibility index (Phi) is 6.25. The molecule has 0 saturated carbocycles. The number of rotatable bonds is 6. The summed E-state index contributed by atoms with van der Waals surface area (Å²) >= 11 is 0. The van der Waals surface area contributed by atoms with Crippen LogP contribution in [-0.4, -0.2) is 42.2 Å². The van der Waals surface area contributed by atoms with Crippen LogP contribution in [0.15, 0.2) is 54.6 Å². The molecule has 3 aromatic rings. The minimum atomic E-state index is -0.164. The highest BCUT2D eigenvalue weighted by Gasteiger charge is 2.24. The molecule has 0 aliphatic carbocycles. The molecule has 1 N–H and O–H groups in total. The molecule has 0 spiro atoms. The predicted molar refractivity (Wildman–Crippen MR) is 128 cm³/mol. The molecule has 0 atom stereocenters. The summed E-state index contributed by atoms with van der Waals surface area (Å²) in [4.78, 5) is 28.9. The van der Waals surface area contributed by atoms with Gasteiger partial charge in [0.2, 0.25) is 11.8 Å². The van der Waals surface area contributed by atoms with Gasteiger partial charge in [0.1, 0.15) is 5.82 Å². The van der Waals surface area contributed by atoms with Crippen molar-refractivity contribution in [3.05, 3.63) is 60.3 Å². The maximum atomic E-state index is 12.7. The smallest absolute Gasteiger partial charge is 0.228 e. The van der Waals surface area contributed by atoms with Gasteiger partial charge < -0.3 is 10.2 Å². The van der Waals surface area contributed by atoms with Gasteiger partial charge in [0.15, 0.2) is 0 Å². The molecule has 1 aromatic heterocycles. The van der Waals surface area contributed by atoms with E-state index in [1.165, 1.54) is 0 Å². The molecule has 7 heteroatoms. The lowest BCUT2D eigenvalue weighted by molar-refractivity contribution is -0.122. The van der Waals surface area contributed by atoms with Gasteiger partial charge in [0.25, 0.3) is 0 Å². The van der Waals surface area contributed by atoms with Crippen molar-refractivity contribution in [3.8, 4) is 11.1 Å². The van der Waals surface area contributed by atoms with Crippen LogP contribution >= 0.6 is 0 Å². The van der Waals surface area contributed by atoms with Crippen LogP contribution in [0, 0.1) is 6.92 Å². The van der Waals surface area contributed by atoms with E-state index in [1.54, 1.807) is 4.90 Å². The highest BCUT2D eigenvalue weighted by Crippen LogP contribution is 2.26. The van der Waals surface area contributed by atoms with Gasteiger partial charge in [-0.1, -0.05) is 24.3 Å². The molecule has 2 heterocycles. The third-order valence-corrected chi connectivity index (χ3v) is 5.64. The molecule has 32 heavy (non-hydrogen) atoms. The molecule has 0 bridgehead atoms. The number of carbonyl (C=O) groups is 2. The number of aromatic nitrogens is 2. The molecule has 0 fully saturated rings. The van der Waals surface area contributed by atoms with E-state index < -0.39 is 0 Å². The monoisotopic (exact) mass is 431 g/mol. The first-order valence-electron chi connectivity index (χ1n) is 10.9. The number of nitrogens with zero attached hydrogens (tertiary/aromatic N) is 4. The number of benzene rings is 2. The minimum absolute atomic E-state index is 0.0443. The van der Waals surface area contributed by atoms with Crippen LogP contribution in [0.4, 0.5) is 17.2 Å². The van der Waals surface area contributed by atoms with Crippen molar-refractivity contribution >= 4 is 29.0 Å². The second-order valence-electron chi connectivity index (χ2n) is 8.34. The van der Waals surface area contributed by atoms with Crippen molar-refractivity contribution in [2.75, 3.05) is 35.8 Å².